The Balaban J connectivity index is 1.98. The van der Waals surface area contributed by atoms with Crippen molar-refractivity contribution in [1.82, 2.24) is 5.32 Å². The fourth-order valence-electron chi connectivity index (χ4n) is 5.08. The van der Waals surface area contributed by atoms with Gasteiger partial charge in [-0.25, -0.2) is 0 Å². The zero-order valence-corrected chi connectivity index (χ0v) is 14.1. The van der Waals surface area contributed by atoms with Crippen LogP contribution in [0.15, 0.2) is 0 Å². The third-order valence-corrected chi connectivity index (χ3v) is 5.71. The van der Waals surface area contributed by atoms with Gasteiger partial charge in [0.15, 0.2) is 0 Å². The van der Waals surface area contributed by atoms with Gasteiger partial charge in [0, 0.05) is 12.1 Å². The van der Waals surface area contributed by atoms with Gasteiger partial charge in [0.05, 0.1) is 0 Å². The first-order valence-corrected chi connectivity index (χ1v) is 8.45. The molecular weight excluding hydrogens is 230 g/mol. The highest BCUT2D eigenvalue weighted by Gasteiger charge is 2.39. The summed E-state index contributed by atoms with van der Waals surface area (Å²) in [5.41, 5.74) is 1.01. The van der Waals surface area contributed by atoms with Crippen molar-refractivity contribution in [3.8, 4) is 0 Å². The van der Waals surface area contributed by atoms with Crippen molar-refractivity contribution < 1.29 is 0 Å². The van der Waals surface area contributed by atoms with Gasteiger partial charge in [-0.1, -0.05) is 54.4 Å². The van der Waals surface area contributed by atoms with E-state index in [1.807, 2.05) is 0 Å². The third kappa shape index (κ3) is 3.97. The van der Waals surface area contributed by atoms with E-state index in [-0.39, 0.29) is 0 Å². The monoisotopic (exact) mass is 265 g/mol. The predicted molar refractivity (Wildman–Crippen MR) is 84.3 cm³/mol. The van der Waals surface area contributed by atoms with Gasteiger partial charge in [-0.15, -0.1) is 0 Å². The lowest BCUT2D eigenvalue weighted by Crippen LogP contribution is -2.51. The quantitative estimate of drug-likeness (QED) is 0.740. The topological polar surface area (TPSA) is 12.0 Å². The van der Waals surface area contributed by atoms with Crippen LogP contribution in [0.5, 0.6) is 0 Å². The molecule has 0 saturated heterocycles. The minimum Gasteiger partial charge on any atom is -0.311 e. The second-order valence-electron chi connectivity index (χ2n) is 9.15. The largest absolute Gasteiger partial charge is 0.311 e. The Morgan fingerprint density at radius 3 is 2.05 bits per heavy atom. The van der Waals surface area contributed by atoms with Crippen molar-refractivity contribution in [1.29, 1.82) is 0 Å². The van der Waals surface area contributed by atoms with E-state index < -0.39 is 0 Å². The highest BCUT2D eigenvalue weighted by atomic mass is 15.0. The Morgan fingerprint density at radius 1 is 0.895 bits per heavy atom. The summed E-state index contributed by atoms with van der Waals surface area (Å²) in [5.74, 6) is 1.75. The molecule has 0 aliphatic heterocycles. The Morgan fingerprint density at radius 2 is 1.47 bits per heavy atom. The normalized spacial score (nSPS) is 39.2. The molecule has 0 aromatic rings. The number of hydrogen-bond donors (Lipinski definition) is 1. The van der Waals surface area contributed by atoms with Crippen LogP contribution in [0, 0.1) is 22.7 Å². The molecule has 3 atom stereocenters. The molecule has 2 fully saturated rings. The van der Waals surface area contributed by atoms with E-state index in [1.54, 1.807) is 0 Å². The third-order valence-electron chi connectivity index (χ3n) is 5.71. The zero-order valence-electron chi connectivity index (χ0n) is 14.1. The van der Waals surface area contributed by atoms with E-state index in [1.165, 1.54) is 38.5 Å². The van der Waals surface area contributed by atoms with Crippen molar-refractivity contribution in [2.75, 3.05) is 0 Å². The molecule has 0 radical (unpaired) electrons. The summed E-state index contributed by atoms with van der Waals surface area (Å²) >= 11 is 0. The average Bonchev–Trinajstić information content (AvgIpc) is 2.20. The van der Waals surface area contributed by atoms with Crippen LogP contribution in [-0.2, 0) is 0 Å². The fourth-order valence-corrected chi connectivity index (χ4v) is 5.08. The number of rotatable bonds is 2. The lowest BCUT2D eigenvalue weighted by Gasteiger charge is -2.47. The standard InChI is InChI=1S/C18H35N/c1-13-8-7-9-16(14(13)2)19-15-10-17(3,4)12-18(5,6)11-15/h13-16,19H,7-12H2,1-6H3. The minimum absolute atomic E-state index is 0.503. The lowest BCUT2D eigenvalue weighted by molar-refractivity contribution is 0.0683. The van der Waals surface area contributed by atoms with Crippen LogP contribution in [0.3, 0.4) is 0 Å². The molecule has 112 valence electrons. The van der Waals surface area contributed by atoms with E-state index in [2.05, 4.69) is 46.9 Å². The molecule has 2 rings (SSSR count). The molecule has 1 N–H and O–H groups in total. The van der Waals surface area contributed by atoms with Crippen LogP contribution in [-0.4, -0.2) is 12.1 Å². The van der Waals surface area contributed by atoms with Crippen LogP contribution in [0.4, 0.5) is 0 Å². The molecule has 1 nitrogen and oxygen atoms in total. The summed E-state index contributed by atoms with van der Waals surface area (Å²) in [6.07, 6.45) is 8.32. The Bertz CT molecular complexity index is 289. The summed E-state index contributed by atoms with van der Waals surface area (Å²) in [7, 11) is 0. The van der Waals surface area contributed by atoms with Gasteiger partial charge in [0.1, 0.15) is 0 Å². The first kappa shape index (κ1) is 15.4. The van der Waals surface area contributed by atoms with E-state index in [0.717, 1.165) is 23.9 Å². The van der Waals surface area contributed by atoms with Gasteiger partial charge in [0.2, 0.25) is 0 Å². The molecule has 3 unspecified atom stereocenters. The molecule has 0 aromatic carbocycles. The van der Waals surface area contributed by atoms with E-state index in [0.29, 0.717) is 10.8 Å². The first-order chi connectivity index (χ1) is 8.69. The molecule has 2 aliphatic rings. The van der Waals surface area contributed by atoms with Gasteiger partial charge < -0.3 is 5.32 Å². The van der Waals surface area contributed by atoms with Crippen LogP contribution in [0.25, 0.3) is 0 Å². The Kier molecular flexibility index (Phi) is 4.35. The number of nitrogens with one attached hydrogen (secondary N) is 1. The molecule has 2 saturated carbocycles. The fraction of sp³-hybridized carbons (Fsp3) is 1.00. The molecule has 2 aliphatic carbocycles. The predicted octanol–water partition coefficient (Wildman–Crippen LogP) is 5.01. The molecule has 0 aromatic heterocycles. The highest BCUT2D eigenvalue weighted by molar-refractivity contribution is 4.94. The smallest absolute Gasteiger partial charge is 0.00978 e. The van der Waals surface area contributed by atoms with Crippen molar-refractivity contribution in [2.24, 2.45) is 22.7 Å². The van der Waals surface area contributed by atoms with E-state index in [4.69, 9.17) is 0 Å². The van der Waals surface area contributed by atoms with E-state index >= 15 is 0 Å². The second kappa shape index (κ2) is 5.39. The molecule has 19 heavy (non-hydrogen) atoms. The second-order valence-corrected chi connectivity index (χ2v) is 9.15. The number of hydrogen-bond acceptors (Lipinski definition) is 1. The Hall–Kier alpha value is -0.0400. The summed E-state index contributed by atoms with van der Waals surface area (Å²) in [5, 5.41) is 4.05. The average molecular weight is 265 g/mol. The maximum atomic E-state index is 4.05. The van der Waals surface area contributed by atoms with Gasteiger partial charge in [0.25, 0.3) is 0 Å². The molecule has 0 amide bonds. The van der Waals surface area contributed by atoms with Crippen molar-refractivity contribution in [3.05, 3.63) is 0 Å². The molecular formula is C18H35N. The van der Waals surface area contributed by atoms with Crippen LogP contribution >= 0.6 is 0 Å². The van der Waals surface area contributed by atoms with E-state index in [9.17, 15) is 0 Å². The van der Waals surface area contributed by atoms with Crippen LogP contribution in [0.2, 0.25) is 0 Å². The van der Waals surface area contributed by atoms with Crippen LogP contribution in [0.1, 0.15) is 80.1 Å². The van der Waals surface area contributed by atoms with Gasteiger partial charge >= 0.3 is 0 Å². The van der Waals surface area contributed by atoms with Crippen molar-refractivity contribution in [2.45, 2.75) is 92.2 Å². The minimum atomic E-state index is 0.503. The van der Waals surface area contributed by atoms with Crippen molar-refractivity contribution in [3.63, 3.8) is 0 Å². The SMILES string of the molecule is CC1CCCC(NC2CC(C)(C)CC(C)(C)C2)C1C. The molecule has 0 heterocycles. The highest BCUT2D eigenvalue weighted by Crippen LogP contribution is 2.46. The van der Waals surface area contributed by atoms with Crippen LogP contribution < -0.4 is 5.32 Å². The summed E-state index contributed by atoms with van der Waals surface area (Å²) in [6, 6.07) is 1.50. The van der Waals surface area contributed by atoms with Gasteiger partial charge in [-0.2, -0.15) is 0 Å². The lowest BCUT2D eigenvalue weighted by atomic mass is 9.63. The van der Waals surface area contributed by atoms with Crippen molar-refractivity contribution >= 4 is 0 Å². The maximum Gasteiger partial charge on any atom is 0.00978 e. The summed E-state index contributed by atoms with van der Waals surface area (Å²) < 4.78 is 0. The summed E-state index contributed by atoms with van der Waals surface area (Å²) in [4.78, 5) is 0. The zero-order chi connectivity index (χ0) is 14.3. The maximum absolute atomic E-state index is 4.05. The summed E-state index contributed by atoms with van der Waals surface area (Å²) in [6.45, 7) is 14.7. The molecule has 0 spiro atoms. The first-order valence-electron chi connectivity index (χ1n) is 8.45. The van der Waals surface area contributed by atoms with Gasteiger partial charge in [-0.05, 0) is 48.3 Å². The van der Waals surface area contributed by atoms with Gasteiger partial charge in [-0.3, -0.25) is 0 Å². The molecule has 0 bridgehead atoms. The Labute approximate surface area is 120 Å². The molecule has 1 heteroatoms.